The quantitative estimate of drug-likeness (QED) is 0.352. The lowest BCUT2D eigenvalue weighted by Gasteiger charge is -2.14. The lowest BCUT2D eigenvalue weighted by molar-refractivity contribution is -0.118. The molecule has 34 heavy (non-hydrogen) atoms. The fourth-order valence-corrected chi connectivity index (χ4v) is 4.12. The second kappa shape index (κ2) is 15.1. The number of ketones is 1. The molecule has 2 aromatic rings. The van der Waals surface area contributed by atoms with Gasteiger partial charge in [-0.25, -0.2) is 0 Å². The van der Waals surface area contributed by atoms with Crippen LogP contribution in [0.5, 0.6) is 11.5 Å². The highest BCUT2D eigenvalue weighted by Crippen LogP contribution is 2.19. The summed E-state index contributed by atoms with van der Waals surface area (Å²) in [5.41, 5.74) is 8.36. The van der Waals surface area contributed by atoms with Gasteiger partial charge < -0.3 is 20.1 Å². The fourth-order valence-electron chi connectivity index (χ4n) is 4.12. The Balaban J connectivity index is 0.000000240. The van der Waals surface area contributed by atoms with Gasteiger partial charge in [-0.3, -0.25) is 9.59 Å². The van der Waals surface area contributed by atoms with Crippen molar-refractivity contribution < 1.29 is 19.1 Å². The number of benzene rings is 2. The summed E-state index contributed by atoms with van der Waals surface area (Å²) in [7, 11) is 3.32. The zero-order valence-corrected chi connectivity index (χ0v) is 21.0. The lowest BCUT2D eigenvalue weighted by Crippen LogP contribution is -2.20. The summed E-state index contributed by atoms with van der Waals surface area (Å²) in [6.07, 6.45) is 7.37. The van der Waals surface area contributed by atoms with Gasteiger partial charge in [0, 0.05) is 18.4 Å². The van der Waals surface area contributed by atoms with E-state index >= 15 is 0 Å². The highest BCUT2D eigenvalue weighted by atomic mass is 16.5. The van der Waals surface area contributed by atoms with Gasteiger partial charge in [-0.05, 0) is 107 Å². The van der Waals surface area contributed by atoms with Crippen LogP contribution in [-0.2, 0) is 11.2 Å². The molecule has 0 radical (unpaired) electrons. The summed E-state index contributed by atoms with van der Waals surface area (Å²) in [4.78, 5) is 24.8. The molecule has 0 bridgehead atoms. The minimum Gasteiger partial charge on any atom is -0.497 e. The normalized spacial score (nSPS) is 13.1. The number of methoxy groups -OCH3 is 2. The topological polar surface area (TPSA) is 81.9 Å². The average molecular weight is 469 g/mol. The number of hydrogen-bond donors (Lipinski definition) is 1. The molecule has 0 spiro atoms. The molecule has 0 unspecified atom stereocenters. The molecular weight excluding hydrogens is 428 g/mol. The van der Waals surface area contributed by atoms with Crippen LogP contribution in [0.1, 0.15) is 66.4 Å². The van der Waals surface area contributed by atoms with Crippen LogP contribution in [0.15, 0.2) is 42.5 Å². The molecule has 0 aromatic heterocycles. The first kappa shape index (κ1) is 27.4. The van der Waals surface area contributed by atoms with Crippen molar-refractivity contribution in [3.63, 3.8) is 0 Å². The number of aryl methyl sites for hydroxylation is 2. The Morgan fingerprint density at radius 2 is 1.59 bits per heavy atom. The van der Waals surface area contributed by atoms with E-state index in [0.29, 0.717) is 31.2 Å². The molecule has 1 aliphatic rings. The van der Waals surface area contributed by atoms with E-state index in [2.05, 4.69) is 30.0 Å². The zero-order valence-electron chi connectivity index (χ0n) is 21.0. The molecule has 3 rings (SSSR count). The van der Waals surface area contributed by atoms with E-state index in [-0.39, 0.29) is 11.7 Å². The van der Waals surface area contributed by atoms with Gasteiger partial charge in [0.05, 0.1) is 14.2 Å². The van der Waals surface area contributed by atoms with Crippen LogP contribution in [0.3, 0.4) is 0 Å². The van der Waals surface area contributed by atoms with E-state index in [1.165, 1.54) is 56.4 Å². The van der Waals surface area contributed by atoms with Gasteiger partial charge in [0.15, 0.2) is 5.78 Å². The molecule has 1 amide bonds. The SMILES string of the molecule is COc1ccc(C(=O)CCCCC(N)=O)cc1.COc1ccc(CCCN2CCCC2)cc1C. The van der Waals surface area contributed by atoms with E-state index in [4.69, 9.17) is 15.2 Å². The van der Waals surface area contributed by atoms with E-state index in [1.807, 2.05) is 0 Å². The van der Waals surface area contributed by atoms with Gasteiger partial charge in [0.2, 0.25) is 5.91 Å². The number of carbonyl (C=O) groups excluding carboxylic acids is 2. The van der Waals surface area contributed by atoms with Gasteiger partial charge >= 0.3 is 0 Å². The van der Waals surface area contributed by atoms with Crippen LogP contribution in [0, 0.1) is 6.92 Å². The first-order chi connectivity index (χ1) is 16.4. The number of rotatable bonds is 12. The Morgan fingerprint density at radius 3 is 2.18 bits per heavy atom. The molecule has 1 fully saturated rings. The number of hydrogen-bond acceptors (Lipinski definition) is 5. The van der Waals surface area contributed by atoms with Crippen molar-refractivity contribution in [2.45, 2.75) is 58.3 Å². The van der Waals surface area contributed by atoms with Crippen molar-refractivity contribution in [3.05, 3.63) is 59.2 Å². The van der Waals surface area contributed by atoms with Crippen LogP contribution in [-0.4, -0.2) is 50.4 Å². The predicted octanol–water partition coefficient (Wildman–Crippen LogP) is 4.96. The number of ether oxygens (including phenoxy) is 2. The third-order valence-corrected chi connectivity index (χ3v) is 6.09. The van der Waals surface area contributed by atoms with Crippen LogP contribution < -0.4 is 15.2 Å². The van der Waals surface area contributed by atoms with Crippen LogP contribution in [0.4, 0.5) is 0 Å². The Kier molecular flexibility index (Phi) is 12.2. The average Bonchev–Trinajstić information content (AvgIpc) is 3.36. The van der Waals surface area contributed by atoms with Crippen LogP contribution in [0.25, 0.3) is 0 Å². The minimum atomic E-state index is -0.318. The number of nitrogens with zero attached hydrogens (tertiary/aromatic N) is 1. The Bertz CT molecular complexity index is 890. The maximum Gasteiger partial charge on any atom is 0.217 e. The van der Waals surface area contributed by atoms with Gasteiger partial charge in [-0.15, -0.1) is 0 Å². The van der Waals surface area contributed by atoms with E-state index < -0.39 is 0 Å². The fraction of sp³-hybridized carbons (Fsp3) is 0.500. The van der Waals surface area contributed by atoms with Crippen molar-refractivity contribution in [1.82, 2.24) is 4.90 Å². The highest BCUT2D eigenvalue weighted by Gasteiger charge is 2.10. The number of nitrogens with two attached hydrogens (primary N) is 1. The summed E-state index contributed by atoms with van der Waals surface area (Å²) in [5, 5.41) is 0. The number of carbonyl (C=O) groups is 2. The summed E-state index contributed by atoms with van der Waals surface area (Å²) in [5.74, 6) is 1.49. The predicted molar refractivity (Wildman–Crippen MR) is 137 cm³/mol. The number of likely N-dealkylation sites (tertiary alicyclic amines) is 1. The zero-order chi connectivity index (χ0) is 24.8. The van der Waals surface area contributed by atoms with Crippen molar-refractivity contribution in [2.75, 3.05) is 33.9 Å². The lowest BCUT2D eigenvalue weighted by atomic mass is 10.0. The summed E-state index contributed by atoms with van der Waals surface area (Å²) >= 11 is 0. The van der Waals surface area contributed by atoms with Crippen LogP contribution in [0.2, 0.25) is 0 Å². The van der Waals surface area contributed by atoms with Crippen molar-refractivity contribution in [2.24, 2.45) is 5.73 Å². The molecular formula is C28H40N2O4. The molecule has 1 heterocycles. The summed E-state index contributed by atoms with van der Waals surface area (Å²) < 4.78 is 10.3. The number of primary amides is 1. The Labute approximate surface area is 204 Å². The first-order valence-corrected chi connectivity index (χ1v) is 12.2. The smallest absolute Gasteiger partial charge is 0.217 e. The molecule has 1 saturated heterocycles. The molecule has 2 aromatic carbocycles. The highest BCUT2D eigenvalue weighted by molar-refractivity contribution is 5.96. The summed E-state index contributed by atoms with van der Waals surface area (Å²) in [6, 6.07) is 13.5. The van der Waals surface area contributed by atoms with E-state index in [1.54, 1.807) is 38.5 Å². The number of unbranched alkanes of at least 4 members (excludes halogenated alkanes) is 1. The van der Waals surface area contributed by atoms with Crippen molar-refractivity contribution in [1.29, 1.82) is 0 Å². The standard InChI is InChI=1S/C15H23NO.C13H17NO3/c1-13-12-14(7-8-15(13)17-2)6-5-11-16-9-3-4-10-16;1-17-11-8-6-10(7-9-11)12(15)4-2-3-5-13(14)16/h7-8,12H,3-6,9-11H2,1-2H3;6-9H,2-5H2,1H3,(H2,14,16). The molecule has 6 heteroatoms. The maximum atomic E-state index is 11.7. The second-order valence-corrected chi connectivity index (χ2v) is 8.78. The van der Waals surface area contributed by atoms with Gasteiger partial charge in [-0.2, -0.15) is 0 Å². The maximum absolute atomic E-state index is 11.7. The number of amides is 1. The van der Waals surface area contributed by atoms with E-state index in [9.17, 15) is 9.59 Å². The third-order valence-electron chi connectivity index (χ3n) is 6.09. The van der Waals surface area contributed by atoms with Crippen molar-refractivity contribution >= 4 is 11.7 Å². The largest absolute Gasteiger partial charge is 0.497 e. The molecule has 6 nitrogen and oxygen atoms in total. The molecule has 0 saturated carbocycles. The molecule has 186 valence electrons. The molecule has 2 N–H and O–H groups in total. The number of Topliss-reactive ketones (excluding diaryl/α,β-unsaturated/α-hetero) is 1. The van der Waals surface area contributed by atoms with Gasteiger partial charge in [-0.1, -0.05) is 12.1 Å². The van der Waals surface area contributed by atoms with Crippen molar-refractivity contribution in [3.8, 4) is 11.5 Å². The minimum absolute atomic E-state index is 0.0807. The monoisotopic (exact) mass is 468 g/mol. The van der Waals surface area contributed by atoms with Gasteiger partial charge in [0.25, 0.3) is 0 Å². The third kappa shape index (κ3) is 9.96. The second-order valence-electron chi connectivity index (χ2n) is 8.78. The van der Waals surface area contributed by atoms with Gasteiger partial charge in [0.1, 0.15) is 11.5 Å². The Hall–Kier alpha value is -2.86. The summed E-state index contributed by atoms with van der Waals surface area (Å²) in [6.45, 7) is 5.98. The van der Waals surface area contributed by atoms with Crippen LogP contribution >= 0.6 is 0 Å². The molecule has 1 aliphatic heterocycles. The first-order valence-electron chi connectivity index (χ1n) is 12.2. The molecule has 0 atom stereocenters. The Morgan fingerprint density at radius 1 is 0.912 bits per heavy atom. The van der Waals surface area contributed by atoms with E-state index in [0.717, 1.165) is 11.5 Å². The molecule has 0 aliphatic carbocycles.